The number of alkyl halides is 3. The zero-order valence-electron chi connectivity index (χ0n) is 10.6. The standard InChI is InChI=1S/C12H15F3N2O2/c1-17(7-6-12(13,14)15)11(18)8-4-3-5-9(16)10(8)19-2/h3-5H,6-7,16H2,1-2H3. The monoisotopic (exact) mass is 276 g/mol. The van der Waals surface area contributed by atoms with Crippen LogP contribution in [-0.4, -0.2) is 37.7 Å². The lowest BCUT2D eigenvalue weighted by molar-refractivity contribution is -0.136. The van der Waals surface area contributed by atoms with Crippen LogP contribution in [0.5, 0.6) is 5.75 Å². The maximum Gasteiger partial charge on any atom is 0.390 e. The number of carbonyl (C=O) groups is 1. The molecule has 0 atom stereocenters. The Labute approximate surface area is 108 Å². The van der Waals surface area contributed by atoms with Crippen LogP contribution in [0.3, 0.4) is 0 Å². The second-order valence-corrected chi connectivity index (χ2v) is 4.02. The highest BCUT2D eigenvalue weighted by Crippen LogP contribution is 2.27. The lowest BCUT2D eigenvalue weighted by atomic mass is 10.1. The smallest absolute Gasteiger partial charge is 0.390 e. The number of para-hydroxylation sites is 1. The zero-order valence-corrected chi connectivity index (χ0v) is 10.6. The lowest BCUT2D eigenvalue weighted by Gasteiger charge is -2.20. The quantitative estimate of drug-likeness (QED) is 0.858. The number of halogens is 3. The number of nitrogen functional groups attached to an aromatic ring is 1. The van der Waals surface area contributed by atoms with Crippen molar-refractivity contribution < 1.29 is 22.7 Å². The number of benzene rings is 1. The summed E-state index contributed by atoms with van der Waals surface area (Å²) in [6.45, 7) is -0.416. The first kappa shape index (κ1) is 15.1. The van der Waals surface area contributed by atoms with Crippen molar-refractivity contribution in [2.24, 2.45) is 0 Å². The minimum absolute atomic E-state index is 0.146. The van der Waals surface area contributed by atoms with Gasteiger partial charge in [-0.15, -0.1) is 0 Å². The van der Waals surface area contributed by atoms with E-state index in [1.165, 1.54) is 20.2 Å². The Morgan fingerprint density at radius 1 is 1.42 bits per heavy atom. The SMILES string of the molecule is COc1c(N)cccc1C(=O)N(C)CCC(F)(F)F. The Bertz CT molecular complexity index is 461. The van der Waals surface area contributed by atoms with Gasteiger partial charge in [-0.25, -0.2) is 0 Å². The van der Waals surface area contributed by atoms with Gasteiger partial charge in [-0.3, -0.25) is 4.79 Å². The topological polar surface area (TPSA) is 55.6 Å². The van der Waals surface area contributed by atoms with Crippen LogP contribution in [-0.2, 0) is 0 Å². The van der Waals surface area contributed by atoms with Gasteiger partial charge in [0, 0.05) is 13.6 Å². The molecule has 0 aliphatic rings. The number of anilines is 1. The number of rotatable bonds is 4. The molecule has 1 aromatic rings. The average molecular weight is 276 g/mol. The molecule has 1 rings (SSSR count). The fourth-order valence-corrected chi connectivity index (χ4v) is 1.55. The van der Waals surface area contributed by atoms with Gasteiger partial charge in [0.1, 0.15) is 0 Å². The molecule has 0 radical (unpaired) electrons. The molecule has 19 heavy (non-hydrogen) atoms. The van der Waals surface area contributed by atoms with Gasteiger partial charge in [0.2, 0.25) is 0 Å². The predicted molar refractivity (Wildman–Crippen MR) is 65.0 cm³/mol. The first-order chi connectivity index (χ1) is 8.76. The Balaban J connectivity index is 2.86. The Kier molecular flexibility index (Phi) is 4.63. The van der Waals surface area contributed by atoms with Gasteiger partial charge < -0.3 is 15.4 Å². The van der Waals surface area contributed by atoms with Gasteiger partial charge in [-0.2, -0.15) is 13.2 Å². The molecule has 7 heteroatoms. The first-order valence-corrected chi connectivity index (χ1v) is 5.51. The van der Waals surface area contributed by atoms with E-state index in [0.717, 1.165) is 4.90 Å². The van der Waals surface area contributed by atoms with Gasteiger partial charge in [-0.1, -0.05) is 6.07 Å². The zero-order chi connectivity index (χ0) is 14.6. The second kappa shape index (κ2) is 5.81. The molecule has 0 spiro atoms. The molecule has 1 aromatic carbocycles. The van der Waals surface area contributed by atoms with Crippen molar-refractivity contribution in [2.75, 3.05) is 26.4 Å². The van der Waals surface area contributed by atoms with Crippen LogP contribution in [0, 0.1) is 0 Å². The molecular weight excluding hydrogens is 261 g/mol. The van der Waals surface area contributed by atoms with Crippen LogP contribution < -0.4 is 10.5 Å². The molecule has 0 saturated heterocycles. The van der Waals surface area contributed by atoms with E-state index in [1.807, 2.05) is 0 Å². The lowest BCUT2D eigenvalue weighted by Crippen LogP contribution is -2.30. The highest BCUT2D eigenvalue weighted by Gasteiger charge is 2.28. The van der Waals surface area contributed by atoms with Crippen molar-refractivity contribution in [3.05, 3.63) is 23.8 Å². The summed E-state index contributed by atoms with van der Waals surface area (Å²) in [7, 11) is 2.65. The van der Waals surface area contributed by atoms with Crippen LogP contribution in [0.2, 0.25) is 0 Å². The van der Waals surface area contributed by atoms with E-state index in [4.69, 9.17) is 10.5 Å². The summed E-state index contributed by atoms with van der Waals surface area (Å²) in [6.07, 6.45) is -5.35. The largest absolute Gasteiger partial charge is 0.494 e. The normalized spacial score (nSPS) is 11.2. The summed E-state index contributed by atoms with van der Waals surface area (Å²) in [5.74, 6) is -0.389. The molecule has 0 saturated carbocycles. The summed E-state index contributed by atoms with van der Waals surface area (Å²) >= 11 is 0. The maximum atomic E-state index is 12.1. The Hall–Kier alpha value is -1.92. The van der Waals surface area contributed by atoms with E-state index in [-0.39, 0.29) is 17.0 Å². The number of amides is 1. The summed E-state index contributed by atoms with van der Waals surface area (Å²) in [5.41, 5.74) is 6.04. The van der Waals surface area contributed by atoms with Gasteiger partial charge in [0.15, 0.2) is 5.75 Å². The summed E-state index contributed by atoms with van der Waals surface area (Å²) in [5, 5.41) is 0. The maximum absolute atomic E-state index is 12.1. The third kappa shape index (κ3) is 4.04. The minimum Gasteiger partial charge on any atom is -0.494 e. The van der Waals surface area contributed by atoms with Crippen molar-refractivity contribution >= 4 is 11.6 Å². The van der Waals surface area contributed by atoms with Crippen LogP contribution in [0.1, 0.15) is 16.8 Å². The van der Waals surface area contributed by atoms with Gasteiger partial charge >= 0.3 is 6.18 Å². The number of hydrogen-bond acceptors (Lipinski definition) is 3. The number of ether oxygens (including phenoxy) is 1. The van der Waals surface area contributed by atoms with Crippen LogP contribution in [0.15, 0.2) is 18.2 Å². The van der Waals surface area contributed by atoms with Gasteiger partial charge in [-0.05, 0) is 12.1 Å². The summed E-state index contributed by atoms with van der Waals surface area (Å²) in [4.78, 5) is 13.0. The van der Waals surface area contributed by atoms with Crippen molar-refractivity contribution in [3.8, 4) is 5.75 Å². The molecule has 2 N–H and O–H groups in total. The molecule has 0 bridgehead atoms. The van der Waals surface area contributed by atoms with Crippen LogP contribution in [0.25, 0.3) is 0 Å². The molecule has 106 valence electrons. The minimum atomic E-state index is -4.30. The van der Waals surface area contributed by atoms with Crippen molar-refractivity contribution in [3.63, 3.8) is 0 Å². The molecule has 4 nitrogen and oxygen atoms in total. The third-order valence-corrected chi connectivity index (χ3v) is 2.56. The number of nitrogens with zero attached hydrogens (tertiary/aromatic N) is 1. The third-order valence-electron chi connectivity index (χ3n) is 2.56. The molecule has 0 heterocycles. The van der Waals surface area contributed by atoms with Crippen molar-refractivity contribution in [1.82, 2.24) is 4.90 Å². The molecule has 0 fully saturated rings. The van der Waals surface area contributed by atoms with E-state index >= 15 is 0 Å². The van der Waals surface area contributed by atoms with Crippen molar-refractivity contribution in [1.29, 1.82) is 0 Å². The second-order valence-electron chi connectivity index (χ2n) is 4.02. The first-order valence-electron chi connectivity index (χ1n) is 5.51. The van der Waals surface area contributed by atoms with E-state index < -0.39 is 25.0 Å². The summed E-state index contributed by atoms with van der Waals surface area (Å²) < 4.78 is 41.3. The molecule has 0 unspecified atom stereocenters. The molecule has 0 aliphatic heterocycles. The van der Waals surface area contributed by atoms with Gasteiger partial charge in [0.05, 0.1) is 24.8 Å². The number of nitrogens with two attached hydrogens (primary N) is 1. The fraction of sp³-hybridized carbons (Fsp3) is 0.417. The van der Waals surface area contributed by atoms with Crippen molar-refractivity contribution in [2.45, 2.75) is 12.6 Å². The van der Waals surface area contributed by atoms with E-state index in [0.29, 0.717) is 0 Å². The van der Waals surface area contributed by atoms with Crippen LogP contribution in [0.4, 0.5) is 18.9 Å². The van der Waals surface area contributed by atoms with Gasteiger partial charge in [0.25, 0.3) is 5.91 Å². The Morgan fingerprint density at radius 2 is 2.05 bits per heavy atom. The van der Waals surface area contributed by atoms with E-state index in [2.05, 4.69) is 0 Å². The molecule has 1 amide bonds. The fourth-order valence-electron chi connectivity index (χ4n) is 1.55. The molecule has 0 aromatic heterocycles. The van der Waals surface area contributed by atoms with E-state index in [1.54, 1.807) is 12.1 Å². The molecule has 0 aliphatic carbocycles. The summed E-state index contributed by atoms with van der Waals surface area (Å²) in [6, 6.07) is 4.55. The number of hydrogen-bond donors (Lipinski definition) is 1. The van der Waals surface area contributed by atoms with Crippen LogP contribution >= 0.6 is 0 Å². The highest BCUT2D eigenvalue weighted by atomic mass is 19.4. The Morgan fingerprint density at radius 3 is 2.58 bits per heavy atom. The predicted octanol–water partition coefficient (Wildman–Crippen LogP) is 2.30. The highest BCUT2D eigenvalue weighted by molar-refractivity contribution is 5.98. The average Bonchev–Trinajstić information content (AvgIpc) is 2.33. The van der Waals surface area contributed by atoms with E-state index in [9.17, 15) is 18.0 Å². The number of methoxy groups -OCH3 is 1. The number of carbonyl (C=O) groups excluding carboxylic acids is 1. The molecular formula is C12H15F3N2O2.